The molecule has 0 saturated heterocycles. The fourth-order valence-electron chi connectivity index (χ4n) is 3.38. The number of aryl methyl sites for hydroxylation is 1. The van der Waals surface area contributed by atoms with Crippen LogP contribution < -0.4 is 9.47 Å². The number of rotatable bonds is 7. The molecule has 1 atom stereocenters. The number of amides is 1. The van der Waals surface area contributed by atoms with Gasteiger partial charge in [-0.05, 0) is 55.2 Å². The van der Waals surface area contributed by atoms with E-state index in [1.165, 1.54) is 11.8 Å². The lowest BCUT2D eigenvalue weighted by molar-refractivity contribution is 0.0634. The summed E-state index contributed by atoms with van der Waals surface area (Å²) in [5, 5.41) is 0. The molecular weight excluding hydrogens is 354 g/mol. The van der Waals surface area contributed by atoms with Crippen molar-refractivity contribution in [1.82, 2.24) is 4.90 Å². The van der Waals surface area contributed by atoms with Gasteiger partial charge in [-0.15, -0.1) is 0 Å². The van der Waals surface area contributed by atoms with Crippen molar-refractivity contribution >= 4 is 5.91 Å². The Kier molecular flexibility index (Phi) is 5.33. The summed E-state index contributed by atoms with van der Waals surface area (Å²) >= 11 is 0. The van der Waals surface area contributed by atoms with Crippen LogP contribution in [0.4, 0.5) is 0 Å². The Balaban J connectivity index is 1.52. The summed E-state index contributed by atoms with van der Waals surface area (Å²) in [6.07, 6.45) is 3.30. The van der Waals surface area contributed by atoms with Crippen LogP contribution in [-0.2, 0) is 13.0 Å². The van der Waals surface area contributed by atoms with E-state index in [4.69, 9.17) is 13.9 Å². The van der Waals surface area contributed by atoms with Gasteiger partial charge in [0.15, 0.2) is 17.3 Å². The first-order chi connectivity index (χ1) is 13.7. The molecule has 144 valence electrons. The maximum atomic E-state index is 13.1. The highest BCUT2D eigenvalue weighted by Crippen LogP contribution is 2.33. The third kappa shape index (κ3) is 4.03. The Morgan fingerprint density at radius 3 is 2.61 bits per heavy atom. The molecule has 3 aromatic rings. The number of hydrogen-bond donors (Lipinski definition) is 0. The number of carbonyl (C=O) groups excluding carboxylic acids is 1. The normalized spacial score (nSPS) is 13.3. The average Bonchev–Trinajstić information content (AvgIpc) is 3.42. The van der Waals surface area contributed by atoms with E-state index >= 15 is 0 Å². The summed E-state index contributed by atoms with van der Waals surface area (Å²) in [5.41, 5.74) is 2.26. The third-order valence-electron chi connectivity index (χ3n) is 5.01. The van der Waals surface area contributed by atoms with Crippen LogP contribution in [0.2, 0.25) is 0 Å². The van der Waals surface area contributed by atoms with Crippen LogP contribution in [0.5, 0.6) is 11.5 Å². The van der Waals surface area contributed by atoms with Crippen molar-refractivity contribution in [3.8, 4) is 11.5 Å². The Morgan fingerprint density at radius 1 is 1.00 bits per heavy atom. The standard InChI is InChI=1S/C23H23NO4/c1-17(9-10-18-6-3-2-4-7-18)24(23(25)21-8-5-13-26-21)15-19-11-12-20-22(14-19)28-16-27-20/h2-8,11-14,17H,9-10,15-16H2,1H3. The Hall–Kier alpha value is -3.21. The molecule has 28 heavy (non-hydrogen) atoms. The minimum absolute atomic E-state index is 0.0447. The smallest absolute Gasteiger partial charge is 0.290 e. The molecule has 2 heterocycles. The lowest BCUT2D eigenvalue weighted by Gasteiger charge is -2.29. The molecular formula is C23H23NO4. The molecule has 0 spiro atoms. The maximum Gasteiger partial charge on any atom is 0.290 e. The van der Waals surface area contributed by atoms with Gasteiger partial charge in [0.05, 0.1) is 6.26 Å². The Morgan fingerprint density at radius 2 is 1.82 bits per heavy atom. The second-order valence-corrected chi connectivity index (χ2v) is 6.97. The summed E-state index contributed by atoms with van der Waals surface area (Å²) in [7, 11) is 0. The number of furan rings is 1. The number of hydrogen-bond acceptors (Lipinski definition) is 4. The lowest BCUT2D eigenvalue weighted by atomic mass is 10.0. The molecule has 2 aromatic carbocycles. The van der Waals surface area contributed by atoms with Crippen LogP contribution in [0.1, 0.15) is 35.0 Å². The zero-order valence-electron chi connectivity index (χ0n) is 15.8. The molecule has 1 unspecified atom stereocenters. The highest BCUT2D eigenvalue weighted by molar-refractivity contribution is 5.91. The first-order valence-corrected chi connectivity index (χ1v) is 9.47. The summed E-state index contributed by atoms with van der Waals surface area (Å²) < 4.78 is 16.2. The summed E-state index contributed by atoms with van der Waals surface area (Å²) in [6.45, 7) is 2.80. The van der Waals surface area contributed by atoms with Crippen molar-refractivity contribution in [3.63, 3.8) is 0 Å². The quantitative estimate of drug-likeness (QED) is 0.600. The SMILES string of the molecule is CC(CCc1ccccc1)N(Cc1ccc2c(c1)OCO2)C(=O)c1ccco1. The van der Waals surface area contributed by atoms with Crippen LogP contribution >= 0.6 is 0 Å². The number of nitrogens with zero attached hydrogens (tertiary/aromatic N) is 1. The van der Waals surface area contributed by atoms with Crippen molar-refractivity contribution in [3.05, 3.63) is 83.8 Å². The average molecular weight is 377 g/mol. The molecule has 0 saturated carbocycles. The van der Waals surface area contributed by atoms with Gasteiger partial charge in [-0.3, -0.25) is 4.79 Å². The largest absolute Gasteiger partial charge is 0.459 e. The Labute approximate surface area is 164 Å². The molecule has 0 N–H and O–H groups in total. The van der Waals surface area contributed by atoms with Gasteiger partial charge in [0.25, 0.3) is 5.91 Å². The van der Waals surface area contributed by atoms with E-state index in [1.54, 1.807) is 12.1 Å². The fraction of sp³-hybridized carbons (Fsp3) is 0.261. The molecule has 0 aliphatic carbocycles. The molecule has 0 fully saturated rings. The highest BCUT2D eigenvalue weighted by Gasteiger charge is 2.24. The van der Waals surface area contributed by atoms with E-state index in [1.807, 2.05) is 41.3 Å². The van der Waals surface area contributed by atoms with Crippen LogP contribution in [0.25, 0.3) is 0 Å². The molecule has 1 amide bonds. The van der Waals surface area contributed by atoms with Crippen molar-refractivity contribution in [1.29, 1.82) is 0 Å². The van der Waals surface area contributed by atoms with Crippen LogP contribution in [0.15, 0.2) is 71.3 Å². The highest BCUT2D eigenvalue weighted by atomic mass is 16.7. The second kappa shape index (κ2) is 8.21. The van der Waals surface area contributed by atoms with Gasteiger partial charge in [0, 0.05) is 12.6 Å². The van der Waals surface area contributed by atoms with Crippen molar-refractivity contribution in [2.45, 2.75) is 32.4 Å². The second-order valence-electron chi connectivity index (χ2n) is 6.97. The molecule has 0 bridgehead atoms. The van der Waals surface area contributed by atoms with E-state index < -0.39 is 0 Å². The van der Waals surface area contributed by atoms with E-state index in [0.29, 0.717) is 12.3 Å². The number of benzene rings is 2. The molecule has 5 heteroatoms. The summed E-state index contributed by atoms with van der Waals surface area (Å²) in [6, 6.07) is 19.6. The summed E-state index contributed by atoms with van der Waals surface area (Å²) in [5.74, 6) is 1.71. The lowest BCUT2D eigenvalue weighted by Crippen LogP contribution is -2.38. The van der Waals surface area contributed by atoms with E-state index in [9.17, 15) is 4.79 Å². The van der Waals surface area contributed by atoms with Gasteiger partial charge in [-0.25, -0.2) is 0 Å². The first kappa shape index (κ1) is 18.2. The predicted molar refractivity (Wildman–Crippen MR) is 105 cm³/mol. The van der Waals surface area contributed by atoms with E-state index in [0.717, 1.165) is 29.9 Å². The maximum absolute atomic E-state index is 13.1. The molecule has 1 aromatic heterocycles. The van der Waals surface area contributed by atoms with E-state index in [-0.39, 0.29) is 18.7 Å². The Bertz CT molecular complexity index is 921. The molecule has 1 aliphatic rings. The molecule has 0 radical (unpaired) electrons. The zero-order chi connectivity index (χ0) is 19.3. The third-order valence-corrected chi connectivity index (χ3v) is 5.01. The molecule has 5 nitrogen and oxygen atoms in total. The van der Waals surface area contributed by atoms with Gasteiger partial charge < -0.3 is 18.8 Å². The summed E-state index contributed by atoms with van der Waals surface area (Å²) in [4.78, 5) is 14.9. The molecule has 1 aliphatic heterocycles. The minimum Gasteiger partial charge on any atom is -0.459 e. The van der Waals surface area contributed by atoms with Crippen molar-refractivity contribution in [2.24, 2.45) is 0 Å². The van der Waals surface area contributed by atoms with E-state index in [2.05, 4.69) is 19.1 Å². The topological polar surface area (TPSA) is 51.9 Å². The monoisotopic (exact) mass is 377 g/mol. The number of ether oxygens (including phenoxy) is 2. The van der Waals surface area contributed by atoms with Gasteiger partial charge >= 0.3 is 0 Å². The predicted octanol–water partition coefficient (Wildman–Crippen LogP) is 4.67. The van der Waals surface area contributed by atoms with Gasteiger partial charge in [-0.2, -0.15) is 0 Å². The van der Waals surface area contributed by atoms with Crippen molar-refractivity contribution < 1.29 is 18.7 Å². The number of fused-ring (bicyclic) bond motifs is 1. The van der Waals surface area contributed by atoms with Crippen LogP contribution in [-0.4, -0.2) is 23.6 Å². The van der Waals surface area contributed by atoms with Gasteiger partial charge in [-0.1, -0.05) is 36.4 Å². The van der Waals surface area contributed by atoms with Crippen LogP contribution in [0, 0.1) is 0 Å². The zero-order valence-corrected chi connectivity index (χ0v) is 15.8. The molecule has 4 rings (SSSR count). The number of carbonyl (C=O) groups is 1. The van der Waals surface area contributed by atoms with Crippen LogP contribution in [0.3, 0.4) is 0 Å². The van der Waals surface area contributed by atoms with Gasteiger partial charge in [0.1, 0.15) is 0 Å². The minimum atomic E-state index is -0.108. The van der Waals surface area contributed by atoms with Gasteiger partial charge in [0.2, 0.25) is 6.79 Å². The fourth-order valence-corrected chi connectivity index (χ4v) is 3.38. The first-order valence-electron chi connectivity index (χ1n) is 9.47. The van der Waals surface area contributed by atoms with Crippen molar-refractivity contribution in [2.75, 3.05) is 6.79 Å².